The number of hydrazine groups is 1. The van der Waals surface area contributed by atoms with Crippen LogP contribution in [0.3, 0.4) is 0 Å². The minimum atomic E-state index is -0.319. The number of morpholine rings is 1. The number of ether oxygens (including phenoxy) is 1. The summed E-state index contributed by atoms with van der Waals surface area (Å²) in [4.78, 5) is 25.2. The molecule has 0 aromatic rings. The molecule has 0 aliphatic carbocycles. The molecule has 98 valence electrons. The average Bonchev–Trinajstić information content (AvgIpc) is 2.38. The van der Waals surface area contributed by atoms with E-state index < -0.39 is 0 Å². The van der Waals surface area contributed by atoms with Crippen molar-refractivity contribution in [2.75, 3.05) is 26.3 Å². The van der Waals surface area contributed by atoms with Crippen LogP contribution in [-0.4, -0.2) is 43.0 Å². The Hall–Kier alpha value is -1.14. The summed E-state index contributed by atoms with van der Waals surface area (Å²) in [5.41, 5.74) is 2.12. The standard InChI is InChI=1S/C11H21N3O3/c1-2-3-9(11(16)13-12)8-10(15)14-4-6-17-7-5-14/h9H,2-8,12H2,1H3,(H,13,16). The van der Waals surface area contributed by atoms with E-state index in [0.29, 0.717) is 32.7 Å². The average molecular weight is 243 g/mol. The van der Waals surface area contributed by atoms with Gasteiger partial charge in [0.1, 0.15) is 0 Å². The van der Waals surface area contributed by atoms with Crippen molar-refractivity contribution >= 4 is 11.8 Å². The Balaban J connectivity index is 2.47. The van der Waals surface area contributed by atoms with Gasteiger partial charge in [-0.15, -0.1) is 0 Å². The van der Waals surface area contributed by atoms with E-state index in [1.807, 2.05) is 6.92 Å². The van der Waals surface area contributed by atoms with E-state index in [9.17, 15) is 9.59 Å². The third-order valence-corrected chi connectivity index (χ3v) is 2.93. The van der Waals surface area contributed by atoms with Gasteiger partial charge in [-0.05, 0) is 6.42 Å². The van der Waals surface area contributed by atoms with Crippen molar-refractivity contribution in [2.24, 2.45) is 11.8 Å². The zero-order valence-electron chi connectivity index (χ0n) is 10.3. The van der Waals surface area contributed by atoms with Gasteiger partial charge in [-0.3, -0.25) is 15.0 Å². The van der Waals surface area contributed by atoms with E-state index in [2.05, 4.69) is 5.43 Å². The van der Waals surface area contributed by atoms with E-state index >= 15 is 0 Å². The molecule has 1 aliphatic rings. The highest BCUT2D eigenvalue weighted by Crippen LogP contribution is 2.14. The van der Waals surface area contributed by atoms with Crippen LogP contribution in [0.15, 0.2) is 0 Å². The molecule has 1 unspecified atom stereocenters. The monoisotopic (exact) mass is 243 g/mol. The zero-order valence-corrected chi connectivity index (χ0v) is 10.3. The minimum Gasteiger partial charge on any atom is -0.378 e. The lowest BCUT2D eigenvalue weighted by Gasteiger charge is -2.28. The molecule has 1 saturated heterocycles. The van der Waals surface area contributed by atoms with Crippen molar-refractivity contribution in [3.63, 3.8) is 0 Å². The van der Waals surface area contributed by atoms with Crippen molar-refractivity contribution in [1.29, 1.82) is 0 Å². The number of nitrogens with zero attached hydrogens (tertiary/aromatic N) is 1. The van der Waals surface area contributed by atoms with E-state index in [-0.39, 0.29) is 24.2 Å². The number of rotatable bonds is 5. The lowest BCUT2D eigenvalue weighted by atomic mass is 9.98. The Kier molecular flexibility index (Phi) is 5.93. The summed E-state index contributed by atoms with van der Waals surface area (Å²) in [5.74, 6) is 4.55. The Labute approximate surface area is 101 Å². The molecular weight excluding hydrogens is 222 g/mol. The van der Waals surface area contributed by atoms with Crippen LogP contribution in [0, 0.1) is 5.92 Å². The topological polar surface area (TPSA) is 84.7 Å². The molecule has 0 spiro atoms. The van der Waals surface area contributed by atoms with Gasteiger partial charge in [-0.2, -0.15) is 0 Å². The number of amides is 2. The van der Waals surface area contributed by atoms with Crippen LogP contribution in [-0.2, 0) is 14.3 Å². The summed E-state index contributed by atoms with van der Waals surface area (Å²) < 4.78 is 5.18. The highest BCUT2D eigenvalue weighted by Gasteiger charge is 2.24. The maximum absolute atomic E-state index is 12.0. The number of carbonyl (C=O) groups is 2. The van der Waals surface area contributed by atoms with Gasteiger partial charge in [0, 0.05) is 25.4 Å². The lowest BCUT2D eigenvalue weighted by molar-refractivity contribution is -0.139. The second kappa shape index (κ2) is 7.24. The SMILES string of the molecule is CCCC(CC(=O)N1CCOCC1)C(=O)NN. The summed E-state index contributed by atoms with van der Waals surface area (Å²) in [5, 5.41) is 0. The molecule has 1 atom stereocenters. The molecule has 0 aromatic heterocycles. The zero-order chi connectivity index (χ0) is 12.7. The smallest absolute Gasteiger partial charge is 0.237 e. The molecule has 6 nitrogen and oxygen atoms in total. The first kappa shape index (κ1) is 13.9. The van der Waals surface area contributed by atoms with E-state index in [1.54, 1.807) is 4.90 Å². The maximum Gasteiger partial charge on any atom is 0.237 e. The second-order valence-corrected chi connectivity index (χ2v) is 4.19. The minimum absolute atomic E-state index is 0.00958. The molecule has 1 rings (SSSR count). The summed E-state index contributed by atoms with van der Waals surface area (Å²) in [6, 6.07) is 0. The molecule has 0 saturated carbocycles. The van der Waals surface area contributed by atoms with Crippen LogP contribution in [0.1, 0.15) is 26.2 Å². The Morgan fingerprint density at radius 1 is 1.41 bits per heavy atom. The first-order valence-corrected chi connectivity index (χ1v) is 6.05. The number of carbonyl (C=O) groups excluding carboxylic acids is 2. The van der Waals surface area contributed by atoms with Crippen molar-refractivity contribution in [3.8, 4) is 0 Å². The number of nitrogens with one attached hydrogen (secondary N) is 1. The fourth-order valence-electron chi connectivity index (χ4n) is 1.94. The molecule has 1 aliphatic heterocycles. The molecule has 0 bridgehead atoms. The Bertz CT molecular complexity index is 265. The van der Waals surface area contributed by atoms with Gasteiger partial charge in [-0.1, -0.05) is 13.3 Å². The molecule has 1 fully saturated rings. The van der Waals surface area contributed by atoms with Crippen LogP contribution in [0.2, 0.25) is 0 Å². The van der Waals surface area contributed by atoms with Crippen LogP contribution in [0.25, 0.3) is 0 Å². The predicted octanol–water partition coefficient (Wildman–Crippen LogP) is -0.358. The molecule has 2 amide bonds. The van der Waals surface area contributed by atoms with Crippen LogP contribution >= 0.6 is 0 Å². The van der Waals surface area contributed by atoms with E-state index in [0.717, 1.165) is 6.42 Å². The van der Waals surface area contributed by atoms with Crippen LogP contribution in [0.5, 0.6) is 0 Å². The number of nitrogens with two attached hydrogens (primary N) is 1. The first-order chi connectivity index (χ1) is 8.19. The summed E-state index contributed by atoms with van der Waals surface area (Å²) >= 11 is 0. The van der Waals surface area contributed by atoms with Crippen molar-refractivity contribution in [2.45, 2.75) is 26.2 Å². The fourth-order valence-corrected chi connectivity index (χ4v) is 1.94. The number of hydrogen-bond acceptors (Lipinski definition) is 4. The van der Waals surface area contributed by atoms with E-state index in [1.165, 1.54) is 0 Å². The molecule has 0 aromatic carbocycles. The third kappa shape index (κ3) is 4.32. The van der Waals surface area contributed by atoms with Crippen LogP contribution < -0.4 is 11.3 Å². The summed E-state index contributed by atoms with van der Waals surface area (Å²) in [6.07, 6.45) is 1.77. The Morgan fingerprint density at radius 3 is 2.59 bits per heavy atom. The highest BCUT2D eigenvalue weighted by molar-refractivity contribution is 5.85. The van der Waals surface area contributed by atoms with Gasteiger partial charge < -0.3 is 9.64 Å². The summed E-state index contributed by atoms with van der Waals surface area (Å²) in [6.45, 7) is 4.36. The van der Waals surface area contributed by atoms with Crippen LogP contribution in [0.4, 0.5) is 0 Å². The highest BCUT2D eigenvalue weighted by atomic mass is 16.5. The van der Waals surface area contributed by atoms with Crippen molar-refractivity contribution < 1.29 is 14.3 Å². The maximum atomic E-state index is 12.0. The molecule has 0 radical (unpaired) electrons. The molecule has 3 N–H and O–H groups in total. The molecule has 17 heavy (non-hydrogen) atoms. The quantitative estimate of drug-likeness (QED) is 0.392. The number of hydrogen-bond donors (Lipinski definition) is 2. The lowest BCUT2D eigenvalue weighted by Crippen LogP contribution is -2.43. The van der Waals surface area contributed by atoms with Crippen molar-refractivity contribution in [3.05, 3.63) is 0 Å². The van der Waals surface area contributed by atoms with Gasteiger partial charge in [-0.25, -0.2) is 5.84 Å². The van der Waals surface area contributed by atoms with Crippen molar-refractivity contribution in [1.82, 2.24) is 10.3 Å². The first-order valence-electron chi connectivity index (χ1n) is 6.05. The van der Waals surface area contributed by atoms with Gasteiger partial charge >= 0.3 is 0 Å². The molecule has 6 heteroatoms. The Morgan fingerprint density at radius 2 is 2.06 bits per heavy atom. The molecular formula is C11H21N3O3. The fraction of sp³-hybridized carbons (Fsp3) is 0.818. The second-order valence-electron chi connectivity index (χ2n) is 4.19. The normalized spacial score (nSPS) is 17.6. The van der Waals surface area contributed by atoms with Gasteiger partial charge in [0.2, 0.25) is 11.8 Å². The van der Waals surface area contributed by atoms with Gasteiger partial charge in [0.15, 0.2) is 0 Å². The predicted molar refractivity (Wildman–Crippen MR) is 62.7 cm³/mol. The largest absolute Gasteiger partial charge is 0.378 e. The van der Waals surface area contributed by atoms with Gasteiger partial charge in [0.25, 0.3) is 0 Å². The third-order valence-electron chi connectivity index (χ3n) is 2.93. The van der Waals surface area contributed by atoms with Gasteiger partial charge in [0.05, 0.1) is 13.2 Å². The molecule has 1 heterocycles. The summed E-state index contributed by atoms with van der Waals surface area (Å²) in [7, 11) is 0. The van der Waals surface area contributed by atoms with E-state index in [4.69, 9.17) is 10.6 Å².